The molecular formula is C19H23N5O3. The second-order valence-electron chi connectivity index (χ2n) is 7.09. The Bertz CT molecular complexity index is 887. The van der Waals surface area contributed by atoms with E-state index in [-0.39, 0.29) is 17.7 Å². The van der Waals surface area contributed by atoms with Crippen molar-refractivity contribution in [2.45, 2.75) is 31.3 Å². The third kappa shape index (κ3) is 3.66. The maximum absolute atomic E-state index is 12.7. The van der Waals surface area contributed by atoms with E-state index in [4.69, 9.17) is 10.2 Å². The Hall–Kier alpha value is -2.87. The minimum atomic E-state index is -0.385. The molecule has 2 heterocycles. The summed E-state index contributed by atoms with van der Waals surface area (Å²) in [4.78, 5) is 22.8. The first kappa shape index (κ1) is 17.5. The number of anilines is 3. The standard InChI is InChI=1S/C19H23N5O3/c1-21-8-12-6-16(14(7-15(12)20)11-2-3-11)22-18(26)17-10-27-19(23-17)24-5-4-13(25)9-24/h6-8,10-11,13,25H,2-5,9,20H2,1H3,(H,22,26). The van der Waals surface area contributed by atoms with E-state index in [1.54, 1.807) is 13.3 Å². The van der Waals surface area contributed by atoms with Crippen LogP contribution in [0.15, 0.2) is 27.8 Å². The molecule has 0 spiro atoms. The average Bonchev–Trinajstić information content (AvgIpc) is 3.19. The Balaban J connectivity index is 1.56. The summed E-state index contributed by atoms with van der Waals surface area (Å²) in [5.41, 5.74) is 9.50. The van der Waals surface area contributed by atoms with Crippen LogP contribution in [0.1, 0.15) is 46.8 Å². The van der Waals surface area contributed by atoms with Crippen LogP contribution in [-0.2, 0) is 0 Å². The van der Waals surface area contributed by atoms with Gasteiger partial charge in [-0.05, 0) is 42.9 Å². The number of nitrogens with zero attached hydrogens (tertiary/aromatic N) is 3. The molecule has 2 fully saturated rings. The van der Waals surface area contributed by atoms with Gasteiger partial charge in [-0.25, -0.2) is 0 Å². The second kappa shape index (κ2) is 7.03. The quantitative estimate of drug-likeness (QED) is 0.548. The molecule has 27 heavy (non-hydrogen) atoms. The van der Waals surface area contributed by atoms with E-state index >= 15 is 0 Å². The topological polar surface area (TPSA) is 117 Å². The van der Waals surface area contributed by atoms with Crippen molar-refractivity contribution < 1.29 is 14.3 Å². The molecule has 2 aromatic rings. The number of aliphatic imine (C=N–C) groups is 1. The Morgan fingerprint density at radius 2 is 2.26 bits per heavy atom. The minimum absolute atomic E-state index is 0.204. The summed E-state index contributed by atoms with van der Waals surface area (Å²) in [7, 11) is 1.68. The number of nitrogens with two attached hydrogens (primary N) is 1. The maximum atomic E-state index is 12.7. The smallest absolute Gasteiger partial charge is 0.298 e. The van der Waals surface area contributed by atoms with Crippen LogP contribution in [0.25, 0.3) is 0 Å². The van der Waals surface area contributed by atoms with Crippen molar-refractivity contribution in [1.29, 1.82) is 0 Å². The average molecular weight is 369 g/mol. The van der Waals surface area contributed by atoms with Gasteiger partial charge >= 0.3 is 0 Å². The van der Waals surface area contributed by atoms with Crippen LogP contribution in [0, 0.1) is 0 Å². The number of carbonyl (C=O) groups excluding carboxylic acids is 1. The number of rotatable bonds is 5. The van der Waals surface area contributed by atoms with Gasteiger partial charge in [-0.15, -0.1) is 0 Å². The lowest BCUT2D eigenvalue weighted by Crippen LogP contribution is -2.22. The zero-order valence-electron chi connectivity index (χ0n) is 15.2. The predicted octanol–water partition coefficient (Wildman–Crippen LogP) is 2.01. The van der Waals surface area contributed by atoms with Gasteiger partial charge in [0.2, 0.25) is 0 Å². The number of oxazole rings is 1. The van der Waals surface area contributed by atoms with Crippen LogP contribution in [0.4, 0.5) is 17.4 Å². The highest BCUT2D eigenvalue weighted by Crippen LogP contribution is 2.44. The number of aliphatic hydroxyl groups is 1. The maximum Gasteiger partial charge on any atom is 0.298 e. The number of benzene rings is 1. The molecule has 1 unspecified atom stereocenters. The van der Waals surface area contributed by atoms with Crippen LogP contribution in [0.5, 0.6) is 0 Å². The van der Waals surface area contributed by atoms with Gasteiger partial charge in [0.25, 0.3) is 11.9 Å². The first-order valence-electron chi connectivity index (χ1n) is 9.10. The van der Waals surface area contributed by atoms with E-state index in [2.05, 4.69) is 15.3 Å². The molecule has 0 radical (unpaired) electrons. The predicted molar refractivity (Wildman–Crippen MR) is 104 cm³/mol. The van der Waals surface area contributed by atoms with Gasteiger partial charge in [-0.3, -0.25) is 9.79 Å². The van der Waals surface area contributed by atoms with Gasteiger partial charge in [0.15, 0.2) is 5.69 Å². The molecule has 1 aliphatic heterocycles. The van der Waals surface area contributed by atoms with Gasteiger partial charge in [-0.2, -0.15) is 4.98 Å². The second-order valence-corrected chi connectivity index (χ2v) is 7.09. The number of hydrogen-bond donors (Lipinski definition) is 3. The normalized spacial score (nSPS) is 19.8. The highest BCUT2D eigenvalue weighted by Gasteiger charge is 2.29. The van der Waals surface area contributed by atoms with Crippen molar-refractivity contribution in [2.75, 3.05) is 36.1 Å². The van der Waals surface area contributed by atoms with E-state index in [0.717, 1.165) is 29.7 Å². The molecule has 0 bridgehead atoms. The van der Waals surface area contributed by atoms with Crippen LogP contribution in [0.2, 0.25) is 0 Å². The molecule has 1 amide bonds. The number of amides is 1. The molecule has 1 saturated carbocycles. The highest BCUT2D eigenvalue weighted by molar-refractivity contribution is 6.04. The third-order valence-electron chi connectivity index (χ3n) is 4.95. The van der Waals surface area contributed by atoms with E-state index in [0.29, 0.717) is 37.1 Å². The number of β-amino-alcohol motifs (C(OH)–C–C–N with tert-alkyl or cyclic N) is 1. The summed E-state index contributed by atoms with van der Waals surface area (Å²) in [5.74, 6) is 0.0879. The van der Waals surface area contributed by atoms with Gasteiger partial charge in [0, 0.05) is 43.3 Å². The van der Waals surface area contributed by atoms with Crippen LogP contribution >= 0.6 is 0 Å². The highest BCUT2D eigenvalue weighted by atomic mass is 16.4. The number of aliphatic hydroxyl groups excluding tert-OH is 1. The zero-order valence-corrected chi connectivity index (χ0v) is 15.2. The summed E-state index contributed by atoms with van der Waals surface area (Å²) in [5, 5.41) is 12.6. The van der Waals surface area contributed by atoms with Gasteiger partial charge in [0.05, 0.1) is 6.10 Å². The SMILES string of the molecule is CN=Cc1cc(NC(=O)c2coc(N3CCC(O)C3)n2)c(C2CC2)cc1N. The van der Waals surface area contributed by atoms with E-state index in [1.165, 1.54) is 6.26 Å². The van der Waals surface area contributed by atoms with Crippen molar-refractivity contribution in [3.8, 4) is 0 Å². The van der Waals surface area contributed by atoms with Crippen molar-refractivity contribution in [1.82, 2.24) is 4.98 Å². The number of carbonyl (C=O) groups is 1. The molecule has 1 aliphatic carbocycles. The van der Waals surface area contributed by atoms with Crippen LogP contribution in [0.3, 0.4) is 0 Å². The molecule has 1 saturated heterocycles. The Morgan fingerprint density at radius 3 is 2.93 bits per heavy atom. The molecule has 2 aliphatic rings. The first-order chi connectivity index (χ1) is 13.0. The van der Waals surface area contributed by atoms with Crippen molar-refractivity contribution in [2.24, 2.45) is 4.99 Å². The molecule has 4 N–H and O–H groups in total. The molecule has 4 rings (SSSR count). The molecular weight excluding hydrogens is 346 g/mol. The summed E-state index contributed by atoms with van der Waals surface area (Å²) in [6, 6.07) is 4.13. The molecule has 1 atom stereocenters. The van der Waals surface area contributed by atoms with Gasteiger partial charge < -0.3 is 25.5 Å². The lowest BCUT2D eigenvalue weighted by Gasteiger charge is -2.13. The number of aromatic nitrogens is 1. The lowest BCUT2D eigenvalue weighted by atomic mass is 10.0. The fraction of sp³-hybridized carbons (Fsp3) is 0.421. The fourth-order valence-corrected chi connectivity index (χ4v) is 3.36. The Kier molecular flexibility index (Phi) is 4.57. The monoisotopic (exact) mass is 369 g/mol. The van der Waals surface area contributed by atoms with Gasteiger partial charge in [-0.1, -0.05) is 0 Å². The van der Waals surface area contributed by atoms with Crippen LogP contribution < -0.4 is 16.0 Å². The van der Waals surface area contributed by atoms with Crippen molar-refractivity contribution in [3.63, 3.8) is 0 Å². The van der Waals surface area contributed by atoms with Gasteiger partial charge in [0.1, 0.15) is 6.26 Å². The molecule has 1 aromatic carbocycles. The molecule has 142 valence electrons. The van der Waals surface area contributed by atoms with E-state index in [1.807, 2.05) is 17.0 Å². The van der Waals surface area contributed by atoms with Crippen molar-refractivity contribution >= 4 is 29.5 Å². The lowest BCUT2D eigenvalue weighted by molar-refractivity contribution is 0.102. The Labute approximate surface area is 157 Å². The number of hydrogen-bond acceptors (Lipinski definition) is 7. The number of nitrogens with one attached hydrogen (secondary N) is 1. The summed E-state index contributed by atoms with van der Waals surface area (Å²) >= 11 is 0. The molecule has 8 nitrogen and oxygen atoms in total. The minimum Gasteiger partial charge on any atom is -0.431 e. The van der Waals surface area contributed by atoms with Crippen LogP contribution in [-0.4, -0.2) is 48.5 Å². The third-order valence-corrected chi connectivity index (χ3v) is 4.95. The Morgan fingerprint density at radius 1 is 1.44 bits per heavy atom. The summed E-state index contributed by atoms with van der Waals surface area (Å²) in [6.45, 7) is 1.12. The largest absolute Gasteiger partial charge is 0.431 e. The molecule has 1 aromatic heterocycles. The summed E-state index contributed by atoms with van der Waals surface area (Å²) < 4.78 is 5.43. The van der Waals surface area contributed by atoms with E-state index < -0.39 is 0 Å². The van der Waals surface area contributed by atoms with E-state index in [9.17, 15) is 9.90 Å². The summed E-state index contributed by atoms with van der Waals surface area (Å²) in [6.07, 6.45) is 5.49. The first-order valence-corrected chi connectivity index (χ1v) is 9.10. The fourth-order valence-electron chi connectivity index (χ4n) is 3.36. The molecule has 8 heteroatoms. The zero-order chi connectivity index (χ0) is 19.0. The number of nitrogen functional groups attached to an aromatic ring is 1. The van der Waals surface area contributed by atoms with Crippen molar-refractivity contribution in [3.05, 3.63) is 35.2 Å².